The molecule has 0 aliphatic rings. The van der Waals surface area contributed by atoms with Crippen LogP contribution in [-0.4, -0.2) is 39.3 Å². The average molecular weight is 391 g/mol. The van der Waals surface area contributed by atoms with Gasteiger partial charge in [0.15, 0.2) is 0 Å². The molecule has 0 saturated heterocycles. The molecule has 0 unspecified atom stereocenters. The molecular weight excluding hydrogens is 364 g/mol. The van der Waals surface area contributed by atoms with Crippen LogP contribution >= 0.6 is 0 Å². The molecule has 0 heterocycles. The highest BCUT2D eigenvalue weighted by molar-refractivity contribution is 7.89. The highest BCUT2D eigenvalue weighted by Gasteiger charge is 2.24. The number of ether oxygens (including phenoxy) is 1. The summed E-state index contributed by atoms with van der Waals surface area (Å²) in [6.07, 6.45) is 0. The van der Waals surface area contributed by atoms with Crippen LogP contribution in [0.15, 0.2) is 47.4 Å². The van der Waals surface area contributed by atoms with Gasteiger partial charge in [0.1, 0.15) is 5.75 Å². The Labute approximate surface area is 161 Å². The Morgan fingerprint density at radius 3 is 2.37 bits per heavy atom. The quantitative estimate of drug-likeness (QED) is 0.789. The molecule has 2 aromatic carbocycles. The first-order valence-corrected chi connectivity index (χ1v) is 10.1. The third-order valence-electron chi connectivity index (χ3n) is 4.41. The second-order valence-corrected chi connectivity index (χ2v) is 8.63. The van der Waals surface area contributed by atoms with Crippen molar-refractivity contribution in [2.24, 2.45) is 0 Å². The fourth-order valence-corrected chi connectivity index (χ4v) is 3.93. The normalized spacial score (nSPS) is 12.7. The molecule has 0 bridgehead atoms. The molecule has 0 aromatic heterocycles. The van der Waals surface area contributed by atoms with Crippen LogP contribution in [0, 0.1) is 13.8 Å². The molecule has 0 aliphatic heterocycles. The summed E-state index contributed by atoms with van der Waals surface area (Å²) in [6, 6.07) is 11.9. The number of carbonyl (C=O) groups excluding carboxylic acids is 1. The highest BCUT2D eigenvalue weighted by atomic mass is 32.2. The number of likely N-dealkylation sites (N-methyl/N-ethyl adjacent to an activating group) is 1. The standard InChI is InChI=1S/C20H26N2O4S/c1-14-6-7-15(2)19(12-14)16(3)21-20(23)13-22(4)27(24,25)18-10-8-17(26-5)9-11-18/h6-12,16H,13H2,1-5H3,(H,21,23)/t16-/m1/s1. The van der Waals surface area contributed by atoms with Crippen LogP contribution < -0.4 is 10.1 Å². The van der Waals surface area contributed by atoms with E-state index in [1.807, 2.05) is 39.0 Å². The number of benzene rings is 2. The van der Waals surface area contributed by atoms with E-state index < -0.39 is 10.0 Å². The number of hydrogen-bond donors (Lipinski definition) is 1. The van der Waals surface area contributed by atoms with E-state index in [0.717, 1.165) is 21.0 Å². The first kappa shape index (κ1) is 20.9. The van der Waals surface area contributed by atoms with Crippen LogP contribution in [-0.2, 0) is 14.8 Å². The molecule has 146 valence electrons. The van der Waals surface area contributed by atoms with Crippen molar-refractivity contribution < 1.29 is 17.9 Å². The van der Waals surface area contributed by atoms with Crippen molar-refractivity contribution in [3.8, 4) is 5.75 Å². The smallest absolute Gasteiger partial charge is 0.243 e. The Bertz CT molecular complexity index is 908. The number of hydrogen-bond acceptors (Lipinski definition) is 4. The zero-order valence-corrected chi connectivity index (χ0v) is 17.1. The first-order chi connectivity index (χ1) is 12.6. The van der Waals surface area contributed by atoms with Crippen molar-refractivity contribution in [2.75, 3.05) is 20.7 Å². The Kier molecular flexibility index (Phi) is 6.62. The maximum absolute atomic E-state index is 12.6. The van der Waals surface area contributed by atoms with Crippen LogP contribution in [0.5, 0.6) is 5.75 Å². The molecule has 1 atom stereocenters. The second-order valence-electron chi connectivity index (χ2n) is 6.59. The number of amides is 1. The fourth-order valence-electron chi connectivity index (χ4n) is 2.81. The zero-order valence-electron chi connectivity index (χ0n) is 16.3. The fraction of sp³-hybridized carbons (Fsp3) is 0.350. The molecule has 1 amide bonds. The zero-order chi connectivity index (χ0) is 20.2. The Morgan fingerprint density at radius 1 is 1.15 bits per heavy atom. The van der Waals surface area contributed by atoms with Gasteiger partial charge >= 0.3 is 0 Å². The molecule has 6 nitrogen and oxygen atoms in total. The van der Waals surface area contributed by atoms with Gasteiger partial charge in [0, 0.05) is 7.05 Å². The van der Waals surface area contributed by atoms with Crippen LogP contribution in [0.2, 0.25) is 0 Å². The number of carbonyl (C=O) groups is 1. The van der Waals surface area contributed by atoms with Gasteiger partial charge in [-0.25, -0.2) is 8.42 Å². The SMILES string of the molecule is COc1ccc(S(=O)(=O)N(C)CC(=O)N[C@H](C)c2cc(C)ccc2C)cc1. The van der Waals surface area contributed by atoms with Crippen molar-refractivity contribution in [2.45, 2.75) is 31.7 Å². The van der Waals surface area contributed by atoms with Gasteiger partial charge in [-0.3, -0.25) is 4.79 Å². The summed E-state index contributed by atoms with van der Waals surface area (Å²) in [5.41, 5.74) is 3.20. The van der Waals surface area contributed by atoms with Crippen molar-refractivity contribution in [1.82, 2.24) is 9.62 Å². The largest absolute Gasteiger partial charge is 0.497 e. The number of nitrogens with zero attached hydrogens (tertiary/aromatic N) is 1. The highest BCUT2D eigenvalue weighted by Crippen LogP contribution is 2.20. The van der Waals surface area contributed by atoms with E-state index in [9.17, 15) is 13.2 Å². The van der Waals surface area contributed by atoms with Gasteiger partial charge in [0.2, 0.25) is 15.9 Å². The molecule has 7 heteroatoms. The minimum atomic E-state index is -3.76. The van der Waals surface area contributed by atoms with Crippen molar-refractivity contribution in [3.63, 3.8) is 0 Å². The maximum atomic E-state index is 12.6. The van der Waals surface area contributed by atoms with E-state index in [4.69, 9.17) is 4.74 Å². The number of methoxy groups -OCH3 is 1. The van der Waals surface area contributed by atoms with Crippen molar-refractivity contribution in [3.05, 3.63) is 59.2 Å². The van der Waals surface area contributed by atoms with Gasteiger partial charge in [-0.1, -0.05) is 23.8 Å². The van der Waals surface area contributed by atoms with Gasteiger partial charge in [-0.05, 0) is 56.2 Å². The topological polar surface area (TPSA) is 75.7 Å². The van der Waals surface area contributed by atoms with Gasteiger partial charge in [0.05, 0.1) is 24.6 Å². The molecule has 0 radical (unpaired) electrons. The van der Waals surface area contributed by atoms with Crippen LogP contribution in [0.3, 0.4) is 0 Å². The lowest BCUT2D eigenvalue weighted by Gasteiger charge is -2.21. The van der Waals surface area contributed by atoms with Gasteiger partial charge in [-0.2, -0.15) is 4.31 Å². The predicted molar refractivity (Wildman–Crippen MR) is 105 cm³/mol. The summed E-state index contributed by atoms with van der Waals surface area (Å²) < 4.78 is 31.3. The van der Waals surface area contributed by atoms with Gasteiger partial charge in [-0.15, -0.1) is 0 Å². The van der Waals surface area contributed by atoms with E-state index in [1.165, 1.54) is 26.3 Å². The minimum absolute atomic E-state index is 0.112. The molecule has 2 rings (SSSR count). The van der Waals surface area contributed by atoms with Crippen molar-refractivity contribution in [1.29, 1.82) is 0 Å². The molecule has 0 saturated carbocycles. The van der Waals surface area contributed by atoms with E-state index in [-0.39, 0.29) is 23.4 Å². The molecule has 27 heavy (non-hydrogen) atoms. The third-order valence-corrected chi connectivity index (χ3v) is 6.23. The summed E-state index contributed by atoms with van der Waals surface area (Å²) in [7, 11) is -0.856. The second kappa shape index (κ2) is 8.54. The lowest BCUT2D eigenvalue weighted by atomic mass is 10.00. The average Bonchev–Trinajstić information content (AvgIpc) is 2.63. The number of rotatable bonds is 7. The summed E-state index contributed by atoms with van der Waals surface area (Å²) >= 11 is 0. The van der Waals surface area contributed by atoms with E-state index in [2.05, 4.69) is 5.32 Å². The molecule has 0 aliphatic carbocycles. The maximum Gasteiger partial charge on any atom is 0.243 e. The van der Waals surface area contributed by atoms with E-state index >= 15 is 0 Å². The molecular formula is C20H26N2O4S. The molecule has 0 spiro atoms. The molecule has 0 fully saturated rings. The minimum Gasteiger partial charge on any atom is -0.497 e. The number of aryl methyl sites for hydroxylation is 2. The Balaban J connectivity index is 2.06. The monoisotopic (exact) mass is 390 g/mol. The summed E-state index contributed by atoms with van der Waals surface area (Å²) in [6.45, 7) is 5.60. The van der Waals surface area contributed by atoms with Crippen molar-refractivity contribution >= 4 is 15.9 Å². The van der Waals surface area contributed by atoms with Crippen LogP contribution in [0.1, 0.15) is 29.7 Å². The third kappa shape index (κ3) is 5.08. The molecule has 1 N–H and O–H groups in total. The lowest BCUT2D eigenvalue weighted by molar-refractivity contribution is -0.121. The van der Waals surface area contributed by atoms with E-state index in [1.54, 1.807) is 12.1 Å². The Hall–Kier alpha value is -2.38. The van der Waals surface area contributed by atoms with Gasteiger partial charge < -0.3 is 10.1 Å². The summed E-state index contributed by atoms with van der Waals surface area (Å²) in [5, 5.41) is 2.87. The van der Waals surface area contributed by atoms with Gasteiger partial charge in [0.25, 0.3) is 0 Å². The predicted octanol–water partition coefficient (Wildman–Crippen LogP) is 2.81. The molecule has 2 aromatic rings. The number of nitrogens with one attached hydrogen (secondary N) is 1. The lowest BCUT2D eigenvalue weighted by Crippen LogP contribution is -2.39. The van der Waals surface area contributed by atoms with Crippen LogP contribution in [0.4, 0.5) is 0 Å². The summed E-state index contributed by atoms with van der Waals surface area (Å²) in [4.78, 5) is 12.5. The first-order valence-electron chi connectivity index (χ1n) is 8.62. The summed E-state index contributed by atoms with van der Waals surface area (Å²) in [5.74, 6) is 0.208. The Morgan fingerprint density at radius 2 is 1.78 bits per heavy atom. The van der Waals surface area contributed by atoms with E-state index in [0.29, 0.717) is 5.75 Å². The number of sulfonamides is 1. The van der Waals surface area contributed by atoms with Crippen LogP contribution in [0.25, 0.3) is 0 Å².